The molecule has 1 fully saturated rings. The predicted molar refractivity (Wildman–Crippen MR) is 114 cm³/mol. The summed E-state index contributed by atoms with van der Waals surface area (Å²) in [5.74, 6) is -0.251. The van der Waals surface area contributed by atoms with Crippen LogP contribution in [0.5, 0.6) is 0 Å². The molecule has 6 nitrogen and oxygen atoms in total. The summed E-state index contributed by atoms with van der Waals surface area (Å²) in [7, 11) is 0. The number of hydrogen-bond donors (Lipinski definition) is 2. The summed E-state index contributed by atoms with van der Waals surface area (Å²) in [5.41, 5.74) is 2.37. The van der Waals surface area contributed by atoms with Gasteiger partial charge in [-0.05, 0) is 60.5 Å². The van der Waals surface area contributed by atoms with Crippen LogP contribution in [0.4, 0.5) is 11.4 Å². The number of rotatable bonds is 6. The highest BCUT2D eigenvalue weighted by atomic mass is 35.5. The van der Waals surface area contributed by atoms with Crippen LogP contribution in [-0.2, 0) is 6.42 Å². The maximum atomic E-state index is 12.5. The molecule has 0 aliphatic carbocycles. The second-order valence-corrected chi connectivity index (χ2v) is 7.47. The lowest BCUT2D eigenvalue weighted by Crippen LogP contribution is -2.28. The Bertz CT molecular complexity index is 852. The zero-order chi connectivity index (χ0) is 19.9. The molecule has 0 radical (unpaired) electrons. The molecular weight excluding hydrogens is 399 g/mol. The highest BCUT2D eigenvalue weighted by Crippen LogP contribution is 2.30. The summed E-state index contributed by atoms with van der Waals surface area (Å²) < 4.78 is 0. The third-order valence-electron chi connectivity index (χ3n) is 4.71. The van der Waals surface area contributed by atoms with Crippen molar-refractivity contribution in [2.24, 2.45) is 5.18 Å². The molecule has 1 saturated heterocycles. The molecule has 2 aromatic carbocycles. The van der Waals surface area contributed by atoms with Gasteiger partial charge in [-0.3, -0.25) is 4.79 Å². The van der Waals surface area contributed by atoms with Crippen LogP contribution in [0, 0.1) is 4.91 Å². The van der Waals surface area contributed by atoms with Gasteiger partial charge in [-0.2, -0.15) is 0 Å². The van der Waals surface area contributed by atoms with E-state index in [0.29, 0.717) is 28.6 Å². The Morgan fingerprint density at radius 3 is 2.79 bits per heavy atom. The van der Waals surface area contributed by atoms with Crippen molar-refractivity contribution in [2.75, 3.05) is 37.6 Å². The smallest absolute Gasteiger partial charge is 0.251 e. The predicted octanol–water partition coefficient (Wildman–Crippen LogP) is 4.16. The second-order valence-electron chi connectivity index (χ2n) is 6.63. The summed E-state index contributed by atoms with van der Waals surface area (Å²) in [6, 6.07) is 10.4. The third-order valence-corrected chi connectivity index (χ3v) is 5.30. The van der Waals surface area contributed by atoms with E-state index in [0.717, 1.165) is 43.9 Å². The highest BCUT2D eigenvalue weighted by Gasteiger charge is 2.16. The number of halogens is 2. The summed E-state index contributed by atoms with van der Waals surface area (Å²) in [5, 5.41) is 10.5. The highest BCUT2D eigenvalue weighted by molar-refractivity contribution is 6.35. The van der Waals surface area contributed by atoms with Crippen molar-refractivity contribution in [3.63, 3.8) is 0 Å². The average Bonchev–Trinajstić information content (AvgIpc) is 2.98. The number of hydrogen-bond acceptors (Lipinski definition) is 5. The fourth-order valence-corrected chi connectivity index (χ4v) is 3.73. The first-order valence-electron chi connectivity index (χ1n) is 9.23. The number of nitrogens with zero attached hydrogens (tertiary/aromatic N) is 2. The van der Waals surface area contributed by atoms with Crippen LogP contribution in [0.15, 0.2) is 41.6 Å². The summed E-state index contributed by atoms with van der Waals surface area (Å²) in [6.07, 6.45) is 1.58. The zero-order valence-electron chi connectivity index (χ0n) is 15.4. The molecule has 3 rings (SSSR count). The molecule has 148 valence electrons. The monoisotopic (exact) mass is 420 g/mol. The number of nitrogens with one attached hydrogen (secondary N) is 2. The lowest BCUT2D eigenvalue weighted by atomic mass is 10.1. The first kappa shape index (κ1) is 20.6. The Morgan fingerprint density at radius 2 is 2.00 bits per heavy atom. The van der Waals surface area contributed by atoms with Gasteiger partial charge < -0.3 is 15.5 Å². The molecule has 2 N–H and O–H groups in total. The number of carbonyl (C=O) groups is 1. The Morgan fingerprint density at radius 1 is 1.14 bits per heavy atom. The molecule has 0 spiro atoms. The first-order valence-corrected chi connectivity index (χ1v) is 9.99. The standard InChI is InChI=1S/C20H22Cl2N4O2/c21-16-4-2-14(17(22)13-16)6-8-24-20(27)15-3-5-19(18(12-15)25-28)26-10-1-7-23-9-11-26/h2-5,12-13,23H,1,6-11H2,(H,24,27). The van der Waals surface area contributed by atoms with Crippen LogP contribution >= 0.6 is 23.2 Å². The zero-order valence-corrected chi connectivity index (χ0v) is 16.9. The minimum Gasteiger partial charge on any atom is -0.368 e. The van der Waals surface area contributed by atoms with Gasteiger partial charge in [0.15, 0.2) is 0 Å². The van der Waals surface area contributed by atoms with E-state index < -0.39 is 0 Å². The van der Waals surface area contributed by atoms with Gasteiger partial charge in [-0.15, -0.1) is 4.91 Å². The van der Waals surface area contributed by atoms with Crippen molar-refractivity contribution in [1.82, 2.24) is 10.6 Å². The second kappa shape index (κ2) is 9.87. The molecule has 1 aliphatic rings. The summed E-state index contributed by atoms with van der Waals surface area (Å²) in [6.45, 7) is 3.88. The molecular formula is C20H22Cl2N4O2. The third kappa shape index (κ3) is 5.22. The first-order chi connectivity index (χ1) is 13.6. The van der Waals surface area contributed by atoms with E-state index in [2.05, 4.69) is 20.7 Å². The molecule has 28 heavy (non-hydrogen) atoms. The van der Waals surface area contributed by atoms with Crippen molar-refractivity contribution in [3.05, 3.63) is 62.5 Å². The Hall–Kier alpha value is -2.15. The fraction of sp³-hybridized carbons (Fsp3) is 0.350. The van der Waals surface area contributed by atoms with Gasteiger partial charge >= 0.3 is 0 Å². The van der Waals surface area contributed by atoms with Gasteiger partial charge in [-0.1, -0.05) is 29.3 Å². The number of amides is 1. The topological polar surface area (TPSA) is 73.8 Å². The van der Waals surface area contributed by atoms with Crippen LogP contribution in [0.1, 0.15) is 22.3 Å². The summed E-state index contributed by atoms with van der Waals surface area (Å²) in [4.78, 5) is 25.9. The van der Waals surface area contributed by atoms with Crippen LogP contribution in [0.3, 0.4) is 0 Å². The number of carbonyl (C=O) groups excluding carboxylic acids is 1. The van der Waals surface area contributed by atoms with Gasteiger partial charge in [0.25, 0.3) is 5.91 Å². The van der Waals surface area contributed by atoms with Gasteiger partial charge in [0, 0.05) is 41.8 Å². The number of benzene rings is 2. The van der Waals surface area contributed by atoms with Crippen LogP contribution in [0.25, 0.3) is 0 Å². The minimum atomic E-state index is -0.251. The quantitative estimate of drug-likeness (QED) is 0.687. The van der Waals surface area contributed by atoms with Crippen molar-refractivity contribution in [2.45, 2.75) is 12.8 Å². The van der Waals surface area contributed by atoms with Crippen molar-refractivity contribution < 1.29 is 4.79 Å². The molecule has 0 unspecified atom stereocenters. The summed E-state index contributed by atoms with van der Waals surface area (Å²) >= 11 is 12.0. The number of anilines is 1. The van der Waals surface area contributed by atoms with Crippen molar-refractivity contribution in [3.8, 4) is 0 Å². The molecule has 0 aromatic heterocycles. The maximum absolute atomic E-state index is 12.5. The maximum Gasteiger partial charge on any atom is 0.251 e. The van der Waals surface area contributed by atoms with E-state index in [9.17, 15) is 9.70 Å². The van der Waals surface area contributed by atoms with E-state index >= 15 is 0 Å². The van der Waals surface area contributed by atoms with E-state index in [1.165, 1.54) is 0 Å². The average molecular weight is 421 g/mol. The van der Waals surface area contributed by atoms with Crippen LogP contribution in [-0.4, -0.2) is 38.6 Å². The van der Waals surface area contributed by atoms with Gasteiger partial charge in [0.1, 0.15) is 5.69 Å². The SMILES string of the molecule is O=Nc1cc(C(=O)NCCc2ccc(Cl)cc2Cl)ccc1N1CCCNCC1. The molecule has 8 heteroatoms. The van der Waals surface area contributed by atoms with E-state index in [1.54, 1.807) is 30.3 Å². The molecule has 2 aromatic rings. The molecule has 1 aliphatic heterocycles. The van der Waals surface area contributed by atoms with Crippen molar-refractivity contribution >= 4 is 40.5 Å². The minimum absolute atomic E-state index is 0.251. The molecule has 0 atom stereocenters. The van der Waals surface area contributed by atoms with Crippen LogP contribution < -0.4 is 15.5 Å². The Labute approximate surface area is 174 Å². The largest absolute Gasteiger partial charge is 0.368 e. The molecule has 0 saturated carbocycles. The number of nitroso groups, excluding NO2 is 1. The van der Waals surface area contributed by atoms with E-state index in [4.69, 9.17) is 23.2 Å². The lowest BCUT2D eigenvalue weighted by Gasteiger charge is -2.23. The Kier molecular flexibility index (Phi) is 7.25. The van der Waals surface area contributed by atoms with Crippen molar-refractivity contribution in [1.29, 1.82) is 0 Å². The lowest BCUT2D eigenvalue weighted by molar-refractivity contribution is 0.0954. The molecule has 1 amide bonds. The van der Waals surface area contributed by atoms with Gasteiger partial charge in [0.2, 0.25) is 0 Å². The van der Waals surface area contributed by atoms with Gasteiger partial charge in [-0.25, -0.2) is 0 Å². The Balaban J connectivity index is 1.64. The van der Waals surface area contributed by atoms with E-state index in [-0.39, 0.29) is 11.6 Å². The van der Waals surface area contributed by atoms with Gasteiger partial charge in [0.05, 0.1) is 5.69 Å². The normalized spacial score (nSPS) is 14.4. The molecule has 1 heterocycles. The molecule has 0 bridgehead atoms. The van der Waals surface area contributed by atoms with E-state index in [1.807, 2.05) is 6.07 Å². The van der Waals surface area contributed by atoms with Crippen LogP contribution in [0.2, 0.25) is 10.0 Å². The fourth-order valence-electron chi connectivity index (χ4n) is 3.23.